The zero-order chi connectivity index (χ0) is 13.5. The number of benzene rings is 1. The maximum absolute atomic E-state index is 3.55. The van der Waals surface area contributed by atoms with Gasteiger partial charge in [-0.3, -0.25) is 4.90 Å². The fourth-order valence-electron chi connectivity index (χ4n) is 2.70. The Balaban J connectivity index is 1.75. The van der Waals surface area contributed by atoms with Crippen molar-refractivity contribution in [3.05, 3.63) is 24.3 Å². The summed E-state index contributed by atoms with van der Waals surface area (Å²) in [5.41, 5.74) is 2.73. The highest BCUT2D eigenvalue weighted by atomic mass is 15.4. The minimum absolute atomic E-state index is 0.191. The van der Waals surface area contributed by atoms with Gasteiger partial charge in [0.25, 0.3) is 0 Å². The monoisotopic (exact) mass is 259 g/mol. The van der Waals surface area contributed by atoms with Crippen molar-refractivity contribution in [3.8, 4) is 0 Å². The van der Waals surface area contributed by atoms with E-state index in [2.05, 4.69) is 64.8 Å². The van der Waals surface area contributed by atoms with Crippen molar-refractivity contribution in [2.45, 2.75) is 32.9 Å². The molecule has 2 aromatic rings. The Morgan fingerprint density at radius 2 is 2.11 bits per heavy atom. The molecule has 4 heteroatoms. The molecule has 0 bridgehead atoms. The van der Waals surface area contributed by atoms with Gasteiger partial charge in [-0.2, -0.15) is 0 Å². The van der Waals surface area contributed by atoms with E-state index in [0.717, 1.165) is 26.2 Å². The van der Waals surface area contributed by atoms with Gasteiger partial charge in [-0.1, -0.05) is 12.1 Å². The molecule has 0 fully saturated rings. The topological polar surface area (TPSA) is 34.9 Å². The van der Waals surface area contributed by atoms with Crippen LogP contribution in [0.5, 0.6) is 0 Å². The number of imidazole rings is 1. The molecule has 1 aromatic heterocycles. The average molecular weight is 259 g/mol. The molecule has 0 amide bonds. The lowest BCUT2D eigenvalue weighted by Gasteiger charge is -2.21. The zero-order valence-corrected chi connectivity index (χ0v) is 12.0. The zero-order valence-electron chi connectivity index (χ0n) is 12.0. The first-order chi connectivity index (χ1) is 9.04. The van der Waals surface area contributed by atoms with Gasteiger partial charge in [0.2, 0.25) is 0 Å². The largest absolute Gasteiger partial charge is 0.358 e. The van der Waals surface area contributed by atoms with E-state index in [9.17, 15) is 0 Å². The Hall–Kier alpha value is -1.55. The number of H-pyrrole nitrogens is 1. The molecule has 102 valence electrons. The summed E-state index contributed by atoms with van der Waals surface area (Å²) in [5.74, 6) is 1.25. The van der Waals surface area contributed by atoms with Crippen molar-refractivity contribution in [3.63, 3.8) is 0 Å². The summed E-state index contributed by atoms with van der Waals surface area (Å²) in [6.07, 6.45) is 0. The summed E-state index contributed by atoms with van der Waals surface area (Å²) in [4.78, 5) is 5.96. The third-order valence-corrected chi connectivity index (χ3v) is 3.63. The second-order valence-corrected chi connectivity index (χ2v) is 6.28. The molecular weight excluding hydrogens is 236 g/mol. The molecule has 2 heterocycles. The van der Waals surface area contributed by atoms with Crippen LogP contribution in [0, 0.1) is 0 Å². The Morgan fingerprint density at radius 1 is 1.32 bits per heavy atom. The third-order valence-electron chi connectivity index (χ3n) is 3.63. The first-order valence-electron chi connectivity index (χ1n) is 7.05. The molecule has 2 N–H and O–H groups in total. The number of nitrogens with zero attached hydrogens (tertiary/aromatic N) is 2. The van der Waals surface area contributed by atoms with Crippen molar-refractivity contribution in [2.24, 2.45) is 0 Å². The van der Waals surface area contributed by atoms with Crippen LogP contribution < -0.4 is 14.8 Å². The number of aromatic amines is 1. The van der Waals surface area contributed by atoms with Gasteiger partial charge < -0.3 is 5.32 Å². The fourth-order valence-corrected chi connectivity index (χ4v) is 2.70. The summed E-state index contributed by atoms with van der Waals surface area (Å²) < 4.78 is 2.38. The summed E-state index contributed by atoms with van der Waals surface area (Å²) in [5, 5.41) is 3.55. The minimum Gasteiger partial charge on any atom is -0.309 e. The number of hydrogen-bond acceptors (Lipinski definition) is 2. The lowest BCUT2D eigenvalue weighted by Crippen LogP contribution is -2.41. The second-order valence-electron chi connectivity index (χ2n) is 6.28. The Labute approximate surface area is 114 Å². The van der Waals surface area contributed by atoms with E-state index in [0.29, 0.717) is 0 Å². The summed E-state index contributed by atoms with van der Waals surface area (Å²) in [6, 6.07) is 8.52. The van der Waals surface area contributed by atoms with Crippen LogP contribution >= 0.6 is 0 Å². The van der Waals surface area contributed by atoms with E-state index >= 15 is 0 Å². The molecule has 0 aliphatic carbocycles. The van der Waals surface area contributed by atoms with Crippen LogP contribution in [0.4, 0.5) is 5.95 Å². The molecular formula is C15H23N4+. The normalized spacial score (nSPS) is 15.2. The van der Waals surface area contributed by atoms with Crippen molar-refractivity contribution < 1.29 is 4.57 Å². The predicted molar refractivity (Wildman–Crippen MR) is 78.5 cm³/mol. The molecule has 1 aromatic carbocycles. The number of anilines is 1. The van der Waals surface area contributed by atoms with Crippen LogP contribution in [-0.2, 0) is 6.54 Å². The molecule has 1 aliphatic heterocycles. The Morgan fingerprint density at radius 3 is 2.89 bits per heavy atom. The first kappa shape index (κ1) is 12.5. The number of para-hydroxylation sites is 2. The van der Waals surface area contributed by atoms with Crippen LogP contribution in [0.15, 0.2) is 24.3 Å². The van der Waals surface area contributed by atoms with Gasteiger partial charge in [-0.25, -0.2) is 9.55 Å². The van der Waals surface area contributed by atoms with Crippen molar-refractivity contribution in [1.82, 2.24) is 10.3 Å². The van der Waals surface area contributed by atoms with Gasteiger partial charge >= 0.3 is 5.95 Å². The van der Waals surface area contributed by atoms with Crippen LogP contribution in [0.3, 0.4) is 0 Å². The van der Waals surface area contributed by atoms with Gasteiger partial charge in [0.05, 0.1) is 13.1 Å². The van der Waals surface area contributed by atoms with E-state index in [1.54, 1.807) is 0 Å². The van der Waals surface area contributed by atoms with Gasteiger partial charge in [0, 0.05) is 12.1 Å². The fraction of sp³-hybridized carbons (Fsp3) is 0.533. The number of fused-ring (bicyclic) bond motifs is 3. The Bertz CT molecular complexity index is 579. The number of nitrogens with one attached hydrogen (secondary N) is 2. The van der Waals surface area contributed by atoms with E-state index in [4.69, 9.17) is 0 Å². The van der Waals surface area contributed by atoms with Gasteiger partial charge in [-0.15, -0.1) is 0 Å². The SMILES string of the molecule is CC(C)(C)NCCN1CC[n+]2c1[nH]c1ccccc12. The molecule has 0 saturated heterocycles. The molecule has 0 atom stereocenters. The summed E-state index contributed by atoms with van der Waals surface area (Å²) >= 11 is 0. The lowest BCUT2D eigenvalue weighted by atomic mass is 10.1. The summed E-state index contributed by atoms with van der Waals surface area (Å²) in [7, 11) is 0. The third kappa shape index (κ3) is 2.45. The standard InChI is InChI=1S/C15H22N4/c1-15(2,3)16-8-9-18-10-11-19-13-7-5-4-6-12(13)17-14(18)19/h4-7,16H,8-11H2,1-3H3/p+1. The van der Waals surface area contributed by atoms with Crippen molar-refractivity contribution >= 4 is 17.0 Å². The molecule has 0 saturated carbocycles. The average Bonchev–Trinajstić information content (AvgIpc) is 2.87. The number of rotatable bonds is 3. The smallest absolute Gasteiger partial charge is 0.309 e. The molecule has 1 aliphatic rings. The molecule has 0 unspecified atom stereocenters. The van der Waals surface area contributed by atoms with Crippen LogP contribution in [0.25, 0.3) is 11.0 Å². The van der Waals surface area contributed by atoms with E-state index in [1.807, 2.05) is 0 Å². The van der Waals surface area contributed by atoms with Crippen LogP contribution in [0.2, 0.25) is 0 Å². The van der Waals surface area contributed by atoms with Crippen LogP contribution in [-0.4, -0.2) is 30.2 Å². The number of aromatic nitrogens is 2. The van der Waals surface area contributed by atoms with Gasteiger partial charge in [0.15, 0.2) is 0 Å². The maximum Gasteiger partial charge on any atom is 0.358 e. The molecule has 4 nitrogen and oxygen atoms in total. The van der Waals surface area contributed by atoms with Gasteiger partial charge in [-0.05, 0) is 32.9 Å². The highest BCUT2D eigenvalue weighted by molar-refractivity contribution is 5.73. The quantitative estimate of drug-likeness (QED) is 0.822. The maximum atomic E-state index is 3.55. The molecule has 19 heavy (non-hydrogen) atoms. The first-order valence-corrected chi connectivity index (χ1v) is 7.05. The number of hydrogen-bond donors (Lipinski definition) is 2. The van der Waals surface area contributed by atoms with E-state index in [1.165, 1.54) is 17.0 Å². The predicted octanol–water partition coefficient (Wildman–Crippen LogP) is 1.66. The highest BCUT2D eigenvalue weighted by Gasteiger charge is 2.30. The van der Waals surface area contributed by atoms with E-state index < -0.39 is 0 Å². The van der Waals surface area contributed by atoms with E-state index in [-0.39, 0.29) is 5.54 Å². The van der Waals surface area contributed by atoms with Gasteiger partial charge in [0.1, 0.15) is 17.6 Å². The molecule has 0 spiro atoms. The second kappa shape index (κ2) is 4.53. The molecule has 0 radical (unpaired) electrons. The Kier molecular flexibility index (Phi) is 2.97. The lowest BCUT2D eigenvalue weighted by molar-refractivity contribution is -0.644. The van der Waals surface area contributed by atoms with Crippen LogP contribution in [0.1, 0.15) is 20.8 Å². The minimum atomic E-state index is 0.191. The molecule has 3 rings (SSSR count). The van der Waals surface area contributed by atoms with Crippen molar-refractivity contribution in [1.29, 1.82) is 0 Å². The highest BCUT2D eigenvalue weighted by Crippen LogP contribution is 2.18. The summed E-state index contributed by atoms with van der Waals surface area (Å²) in [6.45, 7) is 10.9. The van der Waals surface area contributed by atoms with Crippen molar-refractivity contribution in [2.75, 3.05) is 24.5 Å².